The van der Waals surface area contributed by atoms with E-state index in [1.54, 1.807) is 13.4 Å². The van der Waals surface area contributed by atoms with Crippen LogP contribution < -0.4 is 10.6 Å². The molecule has 1 saturated carbocycles. The van der Waals surface area contributed by atoms with E-state index in [0.717, 1.165) is 57.0 Å². The van der Waals surface area contributed by atoms with Gasteiger partial charge in [-0.3, -0.25) is 4.99 Å². The molecule has 7 heteroatoms. The first-order valence-electron chi connectivity index (χ1n) is 7.72. The Hall–Kier alpha value is -1.63. The third kappa shape index (κ3) is 5.71. The predicted molar refractivity (Wildman–Crippen MR) is 82.3 cm³/mol. The van der Waals surface area contributed by atoms with Crippen LogP contribution in [-0.4, -0.2) is 54.1 Å². The second-order valence-electron chi connectivity index (χ2n) is 5.24. The first-order chi connectivity index (χ1) is 10.3. The topological polar surface area (TPSA) is 76.4 Å². The summed E-state index contributed by atoms with van der Waals surface area (Å²) in [6.45, 7) is 6.10. The molecular formula is C14H26N6O. The van der Waals surface area contributed by atoms with Crippen LogP contribution >= 0.6 is 0 Å². The first-order valence-corrected chi connectivity index (χ1v) is 7.72. The molecule has 1 heterocycles. The quantitative estimate of drug-likeness (QED) is 0.392. The molecule has 0 aliphatic heterocycles. The van der Waals surface area contributed by atoms with Crippen molar-refractivity contribution in [2.45, 2.75) is 32.7 Å². The molecule has 21 heavy (non-hydrogen) atoms. The smallest absolute Gasteiger partial charge is 0.191 e. The Morgan fingerprint density at radius 1 is 1.43 bits per heavy atom. The number of guanidine groups is 1. The highest BCUT2D eigenvalue weighted by Crippen LogP contribution is 2.28. The monoisotopic (exact) mass is 294 g/mol. The van der Waals surface area contributed by atoms with Crippen LogP contribution in [0.5, 0.6) is 0 Å². The summed E-state index contributed by atoms with van der Waals surface area (Å²) >= 11 is 0. The highest BCUT2D eigenvalue weighted by molar-refractivity contribution is 5.79. The average Bonchev–Trinajstić information content (AvgIpc) is 3.22. The van der Waals surface area contributed by atoms with Crippen LogP contribution in [-0.2, 0) is 17.7 Å². The summed E-state index contributed by atoms with van der Waals surface area (Å²) in [6.07, 6.45) is 5.33. The van der Waals surface area contributed by atoms with E-state index in [9.17, 15) is 0 Å². The molecular weight excluding hydrogens is 268 g/mol. The summed E-state index contributed by atoms with van der Waals surface area (Å²) < 4.78 is 7.63. The first kappa shape index (κ1) is 15.8. The van der Waals surface area contributed by atoms with E-state index in [2.05, 4.69) is 37.3 Å². The molecule has 7 nitrogen and oxygen atoms in total. The van der Waals surface area contributed by atoms with Crippen LogP contribution in [0.15, 0.2) is 11.3 Å². The number of hydrogen-bond donors (Lipinski definition) is 2. The Labute approximate surface area is 126 Å². The lowest BCUT2D eigenvalue weighted by molar-refractivity contribution is 0.129. The number of hydrogen-bond acceptors (Lipinski definition) is 4. The third-order valence-electron chi connectivity index (χ3n) is 3.47. The standard InChI is InChI=1S/C14H26N6O/c1-3-13-19-18-11-20(13)8-6-16-14(15-2)17-7-9-21-10-12-4-5-12/h11-12H,3-10H2,1-2H3,(H2,15,16,17). The van der Waals surface area contributed by atoms with Crippen LogP contribution in [0.2, 0.25) is 0 Å². The minimum Gasteiger partial charge on any atom is -0.379 e. The van der Waals surface area contributed by atoms with Gasteiger partial charge < -0.3 is 19.9 Å². The van der Waals surface area contributed by atoms with Crippen molar-refractivity contribution < 1.29 is 4.74 Å². The van der Waals surface area contributed by atoms with E-state index in [-0.39, 0.29) is 0 Å². The molecule has 118 valence electrons. The minimum atomic E-state index is 0.725. The van der Waals surface area contributed by atoms with Gasteiger partial charge in [0.2, 0.25) is 0 Å². The second kappa shape index (κ2) is 8.61. The van der Waals surface area contributed by atoms with Gasteiger partial charge in [0.1, 0.15) is 12.2 Å². The maximum atomic E-state index is 5.58. The SMILES string of the molecule is CCc1nncn1CCNC(=NC)NCCOCC1CC1. The van der Waals surface area contributed by atoms with Crippen molar-refractivity contribution in [1.82, 2.24) is 25.4 Å². The maximum absolute atomic E-state index is 5.58. The van der Waals surface area contributed by atoms with Crippen LogP contribution in [0.1, 0.15) is 25.6 Å². The Morgan fingerprint density at radius 2 is 2.24 bits per heavy atom. The van der Waals surface area contributed by atoms with Crippen LogP contribution in [0.25, 0.3) is 0 Å². The number of aromatic nitrogens is 3. The summed E-state index contributed by atoms with van der Waals surface area (Å²) in [4.78, 5) is 4.19. The average molecular weight is 294 g/mol. The third-order valence-corrected chi connectivity index (χ3v) is 3.47. The largest absolute Gasteiger partial charge is 0.379 e. The van der Waals surface area contributed by atoms with E-state index < -0.39 is 0 Å². The number of nitrogens with zero attached hydrogens (tertiary/aromatic N) is 4. The van der Waals surface area contributed by atoms with Crippen molar-refractivity contribution in [2.24, 2.45) is 10.9 Å². The molecule has 1 aromatic rings. The lowest BCUT2D eigenvalue weighted by atomic mass is 10.4. The molecule has 2 rings (SSSR count). The Balaban J connectivity index is 1.56. The van der Waals surface area contributed by atoms with Crippen molar-refractivity contribution in [1.29, 1.82) is 0 Å². The molecule has 1 aliphatic rings. The van der Waals surface area contributed by atoms with Gasteiger partial charge >= 0.3 is 0 Å². The molecule has 2 N–H and O–H groups in total. The molecule has 0 unspecified atom stereocenters. The zero-order chi connectivity index (χ0) is 14.9. The molecule has 0 radical (unpaired) electrons. The molecule has 0 saturated heterocycles. The highest BCUT2D eigenvalue weighted by Gasteiger charge is 2.20. The van der Waals surface area contributed by atoms with Crippen molar-refractivity contribution in [3.05, 3.63) is 12.2 Å². The number of aliphatic imine (C=N–C) groups is 1. The van der Waals surface area contributed by atoms with E-state index in [0.29, 0.717) is 0 Å². The predicted octanol–water partition coefficient (Wildman–Crippen LogP) is 0.432. The highest BCUT2D eigenvalue weighted by atomic mass is 16.5. The molecule has 1 aliphatic carbocycles. The lowest BCUT2D eigenvalue weighted by Gasteiger charge is -2.12. The van der Waals surface area contributed by atoms with E-state index in [1.807, 2.05) is 0 Å². The zero-order valence-corrected chi connectivity index (χ0v) is 13.0. The molecule has 1 aromatic heterocycles. The van der Waals surface area contributed by atoms with E-state index in [4.69, 9.17) is 4.74 Å². The number of rotatable bonds is 9. The summed E-state index contributed by atoms with van der Waals surface area (Å²) in [5.41, 5.74) is 0. The minimum absolute atomic E-state index is 0.725. The Kier molecular flexibility index (Phi) is 6.46. The van der Waals surface area contributed by atoms with Crippen molar-refractivity contribution in [2.75, 3.05) is 33.4 Å². The Bertz CT molecular complexity index is 440. The van der Waals surface area contributed by atoms with Crippen LogP contribution in [0.3, 0.4) is 0 Å². The fourth-order valence-electron chi connectivity index (χ4n) is 2.03. The number of aryl methyl sites for hydroxylation is 1. The van der Waals surface area contributed by atoms with Crippen molar-refractivity contribution in [3.63, 3.8) is 0 Å². The van der Waals surface area contributed by atoms with Gasteiger partial charge in [-0.15, -0.1) is 10.2 Å². The number of ether oxygens (including phenoxy) is 1. The van der Waals surface area contributed by atoms with Gasteiger partial charge in [-0.05, 0) is 18.8 Å². The van der Waals surface area contributed by atoms with Crippen LogP contribution in [0, 0.1) is 5.92 Å². The normalized spacial score (nSPS) is 15.2. The molecule has 0 atom stereocenters. The maximum Gasteiger partial charge on any atom is 0.191 e. The Morgan fingerprint density at radius 3 is 2.95 bits per heavy atom. The molecule has 0 spiro atoms. The fourth-order valence-corrected chi connectivity index (χ4v) is 2.03. The van der Waals surface area contributed by atoms with Gasteiger partial charge in [-0.1, -0.05) is 6.92 Å². The van der Waals surface area contributed by atoms with E-state index in [1.165, 1.54) is 12.8 Å². The summed E-state index contributed by atoms with van der Waals surface area (Å²) in [7, 11) is 1.77. The summed E-state index contributed by atoms with van der Waals surface area (Å²) in [6, 6.07) is 0. The van der Waals surface area contributed by atoms with Gasteiger partial charge in [0.25, 0.3) is 0 Å². The number of nitrogens with one attached hydrogen (secondary N) is 2. The zero-order valence-electron chi connectivity index (χ0n) is 13.0. The van der Waals surface area contributed by atoms with E-state index >= 15 is 0 Å². The van der Waals surface area contributed by atoms with Crippen molar-refractivity contribution >= 4 is 5.96 Å². The molecule has 0 bridgehead atoms. The molecule has 1 fully saturated rings. The van der Waals surface area contributed by atoms with Crippen molar-refractivity contribution in [3.8, 4) is 0 Å². The van der Waals surface area contributed by atoms with Gasteiger partial charge in [-0.2, -0.15) is 0 Å². The van der Waals surface area contributed by atoms with Gasteiger partial charge in [0, 0.05) is 39.7 Å². The van der Waals surface area contributed by atoms with Crippen LogP contribution in [0.4, 0.5) is 0 Å². The summed E-state index contributed by atoms with van der Waals surface area (Å²) in [5, 5.41) is 14.5. The molecule has 0 amide bonds. The van der Waals surface area contributed by atoms with Gasteiger partial charge in [0.05, 0.1) is 6.61 Å². The summed E-state index contributed by atoms with van der Waals surface area (Å²) in [5.74, 6) is 2.63. The lowest BCUT2D eigenvalue weighted by Crippen LogP contribution is -2.40. The fraction of sp³-hybridized carbons (Fsp3) is 0.786. The second-order valence-corrected chi connectivity index (χ2v) is 5.24. The molecule has 0 aromatic carbocycles. The van der Waals surface area contributed by atoms with Gasteiger partial charge in [-0.25, -0.2) is 0 Å². The van der Waals surface area contributed by atoms with Gasteiger partial charge in [0.15, 0.2) is 5.96 Å².